The summed E-state index contributed by atoms with van der Waals surface area (Å²) in [6, 6.07) is 4.74. The molecule has 0 bridgehead atoms. The molecule has 1 spiro atoms. The van der Waals surface area contributed by atoms with Gasteiger partial charge in [-0.25, -0.2) is 4.79 Å². The van der Waals surface area contributed by atoms with E-state index in [1.165, 1.54) is 0 Å². The molecule has 148 valence electrons. The Morgan fingerprint density at radius 1 is 1.30 bits per heavy atom. The van der Waals surface area contributed by atoms with Crippen molar-refractivity contribution >= 4 is 23.7 Å². The number of aromatic hydroxyl groups is 1. The first kappa shape index (κ1) is 19.8. The minimum Gasteiger partial charge on any atom is -0.508 e. The van der Waals surface area contributed by atoms with Crippen LogP contribution >= 0.6 is 11.8 Å². The Kier molecular flexibility index (Phi) is 6.16. The van der Waals surface area contributed by atoms with E-state index >= 15 is 0 Å². The third kappa shape index (κ3) is 4.68. The lowest BCUT2D eigenvalue weighted by molar-refractivity contribution is -0.135. The van der Waals surface area contributed by atoms with Crippen LogP contribution in [0, 0.1) is 5.41 Å². The second-order valence-corrected chi connectivity index (χ2v) is 8.78. The fourth-order valence-corrected chi connectivity index (χ4v) is 5.55. The summed E-state index contributed by atoms with van der Waals surface area (Å²) in [5.41, 5.74) is 6.18. The number of carbonyl (C=O) groups is 2. The number of urea groups is 1. The van der Waals surface area contributed by atoms with Crippen molar-refractivity contribution in [3.63, 3.8) is 0 Å². The Morgan fingerprint density at radius 2 is 1.96 bits per heavy atom. The second-order valence-electron chi connectivity index (χ2n) is 7.55. The number of phenols is 1. The van der Waals surface area contributed by atoms with Crippen molar-refractivity contribution in [1.82, 2.24) is 10.2 Å². The van der Waals surface area contributed by atoms with Gasteiger partial charge in [-0.05, 0) is 53.9 Å². The first-order valence-electron chi connectivity index (χ1n) is 9.25. The van der Waals surface area contributed by atoms with Crippen LogP contribution in [-0.2, 0) is 11.2 Å². The van der Waals surface area contributed by atoms with Gasteiger partial charge < -0.3 is 26.2 Å². The third-order valence-electron chi connectivity index (χ3n) is 5.65. The van der Waals surface area contributed by atoms with E-state index in [-0.39, 0.29) is 36.1 Å². The lowest BCUT2D eigenvalue weighted by Crippen LogP contribution is -2.53. The quantitative estimate of drug-likeness (QED) is 0.597. The maximum absolute atomic E-state index is 13.2. The molecule has 2 saturated heterocycles. The number of aliphatic hydroxyl groups excluding tert-OH is 1. The zero-order valence-corrected chi connectivity index (χ0v) is 16.1. The summed E-state index contributed by atoms with van der Waals surface area (Å²) in [4.78, 5) is 26.4. The molecule has 0 aliphatic carbocycles. The van der Waals surface area contributed by atoms with Crippen molar-refractivity contribution in [3.8, 4) is 5.75 Å². The molecule has 5 N–H and O–H groups in total. The lowest BCUT2D eigenvalue weighted by Gasteiger charge is -2.33. The lowest BCUT2D eigenvalue weighted by atomic mass is 9.80. The van der Waals surface area contributed by atoms with E-state index in [1.807, 2.05) is 11.8 Å². The number of nitrogens with one attached hydrogen (secondary N) is 1. The fourth-order valence-electron chi connectivity index (χ4n) is 4.19. The van der Waals surface area contributed by atoms with Crippen molar-refractivity contribution < 1.29 is 19.8 Å². The summed E-state index contributed by atoms with van der Waals surface area (Å²) in [7, 11) is 0. The maximum atomic E-state index is 13.2. The molecule has 0 radical (unpaired) electrons. The number of thioether (sulfide) groups is 1. The van der Waals surface area contributed by atoms with E-state index in [9.17, 15) is 19.8 Å². The van der Waals surface area contributed by atoms with Gasteiger partial charge in [-0.3, -0.25) is 4.79 Å². The predicted octanol–water partition coefficient (Wildman–Crippen LogP) is 1.08. The number of hydrogen-bond acceptors (Lipinski definition) is 5. The molecule has 2 aliphatic rings. The van der Waals surface area contributed by atoms with Gasteiger partial charge in [-0.2, -0.15) is 11.8 Å². The normalized spacial score (nSPS) is 22.6. The van der Waals surface area contributed by atoms with Gasteiger partial charge in [0.2, 0.25) is 5.91 Å². The molecule has 2 atom stereocenters. The molecule has 1 aromatic carbocycles. The first-order chi connectivity index (χ1) is 12.9. The summed E-state index contributed by atoms with van der Waals surface area (Å²) in [5, 5.41) is 21.8. The van der Waals surface area contributed by atoms with E-state index in [4.69, 9.17) is 5.73 Å². The van der Waals surface area contributed by atoms with Crippen LogP contribution in [0.15, 0.2) is 24.3 Å². The Bertz CT molecular complexity index is 676. The summed E-state index contributed by atoms with van der Waals surface area (Å²) in [5.74, 6) is 2.09. The Labute approximate surface area is 163 Å². The topological polar surface area (TPSA) is 116 Å². The monoisotopic (exact) mass is 393 g/mol. The standard InChI is InChI=1S/C19H27N3O4S/c20-18(26)21-16(9-13-1-3-15(24)4-2-13)17(25)22-12-19(10-14(22)11-23)5-7-27-8-6-19/h1-4,14,16,23-24H,5-12H2,(H3,20,21,26)/t14?,16-/m0/s1. The van der Waals surface area contributed by atoms with Crippen LogP contribution in [0.5, 0.6) is 5.75 Å². The van der Waals surface area contributed by atoms with Crippen LogP contribution in [0.25, 0.3) is 0 Å². The molecule has 3 rings (SSSR count). The van der Waals surface area contributed by atoms with Crippen molar-refractivity contribution in [2.75, 3.05) is 24.7 Å². The van der Waals surface area contributed by atoms with E-state index in [0.717, 1.165) is 36.3 Å². The number of rotatable bonds is 5. The molecule has 0 aromatic heterocycles. The average Bonchev–Trinajstić information content (AvgIpc) is 3.00. The largest absolute Gasteiger partial charge is 0.508 e. The zero-order valence-electron chi connectivity index (χ0n) is 15.3. The number of phenolic OH excluding ortho intramolecular Hbond substituents is 1. The van der Waals surface area contributed by atoms with Gasteiger partial charge in [0.1, 0.15) is 11.8 Å². The minimum atomic E-state index is -0.797. The molecule has 27 heavy (non-hydrogen) atoms. The highest BCUT2D eigenvalue weighted by molar-refractivity contribution is 7.99. The van der Waals surface area contributed by atoms with Crippen molar-refractivity contribution in [2.45, 2.75) is 37.8 Å². The Morgan fingerprint density at radius 3 is 2.56 bits per heavy atom. The molecule has 0 saturated carbocycles. The van der Waals surface area contributed by atoms with Gasteiger partial charge in [-0.15, -0.1) is 0 Å². The molecule has 8 heteroatoms. The molecule has 2 fully saturated rings. The highest BCUT2D eigenvalue weighted by Crippen LogP contribution is 2.45. The maximum Gasteiger partial charge on any atom is 0.312 e. The number of nitrogens with two attached hydrogens (primary N) is 1. The number of aliphatic hydroxyl groups is 1. The average molecular weight is 394 g/mol. The van der Waals surface area contributed by atoms with Gasteiger partial charge in [-0.1, -0.05) is 12.1 Å². The highest BCUT2D eigenvalue weighted by atomic mass is 32.2. The molecule has 2 aliphatic heterocycles. The van der Waals surface area contributed by atoms with Gasteiger partial charge in [0.15, 0.2) is 0 Å². The van der Waals surface area contributed by atoms with Crippen LogP contribution in [0.4, 0.5) is 4.79 Å². The predicted molar refractivity (Wildman–Crippen MR) is 105 cm³/mol. The molecule has 1 aromatic rings. The number of nitrogens with zero attached hydrogens (tertiary/aromatic N) is 1. The van der Waals surface area contributed by atoms with Crippen LogP contribution < -0.4 is 11.1 Å². The molecule has 1 unspecified atom stereocenters. The highest BCUT2D eigenvalue weighted by Gasteiger charge is 2.47. The first-order valence-corrected chi connectivity index (χ1v) is 10.4. The van der Waals surface area contributed by atoms with Crippen molar-refractivity contribution in [1.29, 1.82) is 0 Å². The van der Waals surface area contributed by atoms with E-state index in [0.29, 0.717) is 6.54 Å². The third-order valence-corrected chi connectivity index (χ3v) is 6.64. The van der Waals surface area contributed by atoms with Gasteiger partial charge in [0, 0.05) is 13.0 Å². The fraction of sp³-hybridized carbons (Fsp3) is 0.579. The van der Waals surface area contributed by atoms with Gasteiger partial charge in [0.05, 0.1) is 12.6 Å². The summed E-state index contributed by atoms with van der Waals surface area (Å²) >= 11 is 1.93. The zero-order chi connectivity index (χ0) is 19.4. The van der Waals surface area contributed by atoms with Crippen LogP contribution in [-0.4, -0.2) is 63.8 Å². The smallest absolute Gasteiger partial charge is 0.312 e. The molecule has 2 heterocycles. The summed E-state index contributed by atoms with van der Waals surface area (Å²) < 4.78 is 0. The van der Waals surface area contributed by atoms with Crippen LogP contribution in [0.1, 0.15) is 24.8 Å². The van der Waals surface area contributed by atoms with Gasteiger partial charge >= 0.3 is 6.03 Å². The number of amides is 3. The van der Waals surface area contributed by atoms with Crippen molar-refractivity contribution in [2.24, 2.45) is 11.1 Å². The number of carbonyl (C=O) groups excluding carboxylic acids is 2. The Balaban J connectivity index is 1.77. The SMILES string of the molecule is NC(=O)N[C@@H](Cc1ccc(O)cc1)C(=O)N1CC2(CCSCC2)CC1CO. The van der Waals surface area contributed by atoms with Gasteiger partial charge in [0.25, 0.3) is 0 Å². The van der Waals surface area contributed by atoms with Crippen LogP contribution in [0.3, 0.4) is 0 Å². The summed E-state index contributed by atoms with van der Waals surface area (Å²) in [6.45, 7) is 0.535. The number of benzene rings is 1. The molecule has 3 amide bonds. The van der Waals surface area contributed by atoms with Crippen molar-refractivity contribution in [3.05, 3.63) is 29.8 Å². The summed E-state index contributed by atoms with van der Waals surface area (Å²) in [6.07, 6.45) is 3.17. The Hall–Kier alpha value is -1.93. The molecule has 7 nitrogen and oxygen atoms in total. The van der Waals surface area contributed by atoms with Crippen LogP contribution in [0.2, 0.25) is 0 Å². The minimum absolute atomic E-state index is 0.0735. The van der Waals surface area contributed by atoms with E-state index in [2.05, 4.69) is 5.32 Å². The molecular weight excluding hydrogens is 366 g/mol. The molecular formula is C19H27N3O4S. The second kappa shape index (κ2) is 8.39. The number of primary amides is 1. The number of likely N-dealkylation sites (tertiary alicyclic amines) is 1. The van der Waals surface area contributed by atoms with E-state index < -0.39 is 12.1 Å². The number of hydrogen-bond donors (Lipinski definition) is 4. The van der Waals surface area contributed by atoms with E-state index in [1.54, 1.807) is 29.2 Å².